The number of rotatable bonds is 2. The molecule has 0 aliphatic carbocycles. The number of piperidine rings is 3. The van der Waals surface area contributed by atoms with Crippen molar-refractivity contribution in [3.63, 3.8) is 0 Å². The first-order valence-electron chi connectivity index (χ1n) is 7.42. The van der Waals surface area contributed by atoms with Gasteiger partial charge in [0.25, 0.3) is 0 Å². The average Bonchev–Trinajstić information content (AvgIpc) is 2.56. The standard InChI is InChI=1S/C14H19NO2.C2H2O4/c1-17-13-4-2-11(3-5-13)14(16)10-15-8-6-12(14)7-9-15;3-1(4)2(5)6/h2-5,12,16H,6-10H2,1H3;(H,3,4)(H,5,6). The van der Waals surface area contributed by atoms with Crippen molar-refractivity contribution in [1.29, 1.82) is 0 Å². The minimum atomic E-state index is -1.82. The van der Waals surface area contributed by atoms with Crippen LogP contribution < -0.4 is 4.74 Å². The van der Waals surface area contributed by atoms with Crippen LogP contribution in [0.2, 0.25) is 0 Å². The molecular formula is C16H21NO6. The summed E-state index contributed by atoms with van der Waals surface area (Å²) in [6.45, 7) is 3.07. The average molecular weight is 323 g/mol. The molecule has 4 rings (SSSR count). The molecule has 3 N–H and O–H groups in total. The summed E-state index contributed by atoms with van der Waals surface area (Å²) in [6, 6.07) is 7.87. The minimum absolute atomic E-state index is 0.417. The van der Waals surface area contributed by atoms with E-state index in [4.69, 9.17) is 24.5 Å². The quantitative estimate of drug-likeness (QED) is 0.690. The topological polar surface area (TPSA) is 107 Å². The number of aliphatic carboxylic acids is 2. The van der Waals surface area contributed by atoms with Crippen molar-refractivity contribution < 1.29 is 29.6 Å². The van der Waals surface area contributed by atoms with E-state index in [1.165, 1.54) is 0 Å². The van der Waals surface area contributed by atoms with Gasteiger partial charge in [-0.2, -0.15) is 0 Å². The van der Waals surface area contributed by atoms with Gasteiger partial charge in [0, 0.05) is 6.54 Å². The van der Waals surface area contributed by atoms with Gasteiger partial charge in [-0.15, -0.1) is 0 Å². The van der Waals surface area contributed by atoms with Gasteiger partial charge in [0.2, 0.25) is 0 Å². The lowest BCUT2D eigenvalue weighted by atomic mass is 9.72. The Morgan fingerprint density at radius 2 is 1.65 bits per heavy atom. The van der Waals surface area contributed by atoms with Gasteiger partial charge in [-0.1, -0.05) is 12.1 Å². The van der Waals surface area contributed by atoms with Crippen LogP contribution >= 0.6 is 0 Å². The van der Waals surface area contributed by atoms with Gasteiger partial charge in [0.15, 0.2) is 0 Å². The lowest BCUT2D eigenvalue weighted by Crippen LogP contribution is -2.57. The molecule has 7 nitrogen and oxygen atoms in total. The largest absolute Gasteiger partial charge is 0.497 e. The molecule has 1 aromatic carbocycles. The van der Waals surface area contributed by atoms with E-state index in [-0.39, 0.29) is 0 Å². The minimum Gasteiger partial charge on any atom is -0.497 e. The molecule has 3 saturated heterocycles. The third-order valence-electron chi connectivity index (χ3n) is 4.50. The molecule has 1 unspecified atom stereocenters. The van der Waals surface area contributed by atoms with Crippen LogP contribution in [0.1, 0.15) is 18.4 Å². The van der Waals surface area contributed by atoms with E-state index in [1.807, 2.05) is 24.3 Å². The van der Waals surface area contributed by atoms with E-state index in [2.05, 4.69) is 4.90 Å². The van der Waals surface area contributed by atoms with E-state index in [0.717, 1.165) is 43.8 Å². The highest BCUT2D eigenvalue weighted by molar-refractivity contribution is 6.27. The zero-order chi connectivity index (χ0) is 17.0. The van der Waals surface area contributed by atoms with Crippen LogP contribution in [0, 0.1) is 5.92 Å². The second kappa shape index (κ2) is 6.97. The number of carboxylic acid groups (broad SMARTS) is 2. The molecule has 3 aliphatic rings. The summed E-state index contributed by atoms with van der Waals surface area (Å²) in [5.74, 6) is -2.38. The Hall–Kier alpha value is -2.12. The highest BCUT2D eigenvalue weighted by Crippen LogP contribution is 2.42. The predicted octanol–water partition coefficient (Wildman–Crippen LogP) is 0.764. The molecule has 126 valence electrons. The number of nitrogens with zero attached hydrogens (tertiary/aromatic N) is 1. The maximum Gasteiger partial charge on any atom is 0.414 e. The number of carboxylic acids is 2. The smallest absolute Gasteiger partial charge is 0.414 e. The highest BCUT2D eigenvalue weighted by atomic mass is 16.5. The third kappa shape index (κ3) is 3.80. The Morgan fingerprint density at radius 1 is 1.13 bits per heavy atom. The molecule has 7 heteroatoms. The third-order valence-corrected chi connectivity index (χ3v) is 4.50. The SMILES string of the molecule is COc1ccc(C2(O)CN3CCC2CC3)cc1.O=C(O)C(=O)O. The first-order valence-corrected chi connectivity index (χ1v) is 7.42. The fourth-order valence-electron chi connectivity index (χ4n) is 3.25. The fraction of sp³-hybridized carbons (Fsp3) is 0.500. The fourth-order valence-corrected chi connectivity index (χ4v) is 3.25. The summed E-state index contributed by atoms with van der Waals surface area (Å²) >= 11 is 0. The molecule has 1 aromatic rings. The number of benzene rings is 1. The summed E-state index contributed by atoms with van der Waals surface area (Å²) in [5.41, 5.74) is 0.385. The van der Waals surface area contributed by atoms with Crippen LogP contribution in [0.25, 0.3) is 0 Å². The molecule has 0 amide bonds. The van der Waals surface area contributed by atoms with Crippen LogP contribution in [-0.4, -0.2) is 58.9 Å². The zero-order valence-electron chi connectivity index (χ0n) is 12.9. The molecule has 23 heavy (non-hydrogen) atoms. The van der Waals surface area contributed by atoms with Gasteiger partial charge in [-0.05, 0) is 49.5 Å². The number of hydrogen-bond acceptors (Lipinski definition) is 5. The van der Waals surface area contributed by atoms with Crippen LogP contribution in [0.5, 0.6) is 5.75 Å². The first kappa shape index (κ1) is 17.2. The molecule has 3 fully saturated rings. The summed E-state index contributed by atoms with van der Waals surface area (Å²) in [4.78, 5) is 20.6. The number of ether oxygens (including phenoxy) is 1. The molecule has 3 heterocycles. The zero-order valence-corrected chi connectivity index (χ0v) is 12.9. The van der Waals surface area contributed by atoms with Crippen molar-refractivity contribution in [2.45, 2.75) is 18.4 Å². The van der Waals surface area contributed by atoms with E-state index in [9.17, 15) is 5.11 Å². The lowest BCUT2D eigenvalue weighted by molar-refractivity contribution is -0.159. The summed E-state index contributed by atoms with van der Waals surface area (Å²) in [6.07, 6.45) is 2.23. The Labute approximate surface area is 134 Å². The van der Waals surface area contributed by atoms with Crippen molar-refractivity contribution in [3.05, 3.63) is 29.8 Å². The summed E-state index contributed by atoms with van der Waals surface area (Å²) < 4.78 is 5.16. The van der Waals surface area contributed by atoms with E-state index >= 15 is 0 Å². The molecule has 0 aromatic heterocycles. The molecular weight excluding hydrogens is 302 g/mol. The van der Waals surface area contributed by atoms with Gasteiger partial charge in [0.1, 0.15) is 11.4 Å². The number of fused-ring (bicyclic) bond motifs is 3. The molecule has 2 bridgehead atoms. The molecule has 0 radical (unpaired) electrons. The molecule has 0 spiro atoms. The van der Waals surface area contributed by atoms with Gasteiger partial charge >= 0.3 is 11.9 Å². The van der Waals surface area contributed by atoms with Crippen molar-refractivity contribution in [3.8, 4) is 5.75 Å². The van der Waals surface area contributed by atoms with Gasteiger partial charge in [-0.25, -0.2) is 9.59 Å². The van der Waals surface area contributed by atoms with Crippen LogP contribution in [-0.2, 0) is 15.2 Å². The van der Waals surface area contributed by atoms with E-state index in [0.29, 0.717) is 5.92 Å². The Bertz CT molecular complexity index is 552. The second-order valence-corrected chi connectivity index (χ2v) is 5.81. The van der Waals surface area contributed by atoms with Gasteiger partial charge < -0.3 is 25.0 Å². The lowest BCUT2D eigenvalue weighted by Gasteiger charge is -2.50. The molecule has 3 aliphatic heterocycles. The van der Waals surface area contributed by atoms with Crippen LogP contribution in [0.4, 0.5) is 0 Å². The summed E-state index contributed by atoms with van der Waals surface area (Å²) in [7, 11) is 1.66. The van der Waals surface area contributed by atoms with Crippen LogP contribution in [0.15, 0.2) is 24.3 Å². The number of methoxy groups -OCH3 is 1. The Balaban J connectivity index is 0.000000277. The normalized spacial score (nSPS) is 28.4. The first-order chi connectivity index (χ1) is 10.9. The Morgan fingerprint density at radius 3 is 2.00 bits per heavy atom. The maximum absolute atomic E-state index is 10.9. The van der Waals surface area contributed by atoms with E-state index in [1.54, 1.807) is 7.11 Å². The van der Waals surface area contributed by atoms with Crippen molar-refractivity contribution in [2.24, 2.45) is 5.92 Å². The number of hydrogen-bond donors (Lipinski definition) is 3. The number of carbonyl (C=O) groups is 2. The molecule has 0 saturated carbocycles. The maximum atomic E-state index is 10.9. The van der Waals surface area contributed by atoms with Gasteiger partial charge in [0.05, 0.1) is 7.11 Å². The van der Waals surface area contributed by atoms with Crippen molar-refractivity contribution >= 4 is 11.9 Å². The summed E-state index contributed by atoms with van der Waals surface area (Å²) in [5, 5.41) is 25.7. The van der Waals surface area contributed by atoms with Gasteiger partial charge in [-0.3, -0.25) is 0 Å². The highest BCUT2D eigenvalue weighted by Gasteiger charge is 2.46. The van der Waals surface area contributed by atoms with Crippen molar-refractivity contribution in [1.82, 2.24) is 4.90 Å². The van der Waals surface area contributed by atoms with E-state index < -0.39 is 17.5 Å². The Kier molecular flexibility index (Phi) is 5.23. The molecule has 1 atom stereocenters. The number of aliphatic hydroxyl groups is 1. The monoisotopic (exact) mass is 323 g/mol. The second-order valence-electron chi connectivity index (χ2n) is 5.81. The van der Waals surface area contributed by atoms with Crippen molar-refractivity contribution in [2.75, 3.05) is 26.7 Å². The predicted molar refractivity (Wildman–Crippen MR) is 81.3 cm³/mol. The van der Waals surface area contributed by atoms with Crippen LogP contribution in [0.3, 0.4) is 0 Å².